The van der Waals surface area contributed by atoms with Gasteiger partial charge >= 0.3 is 0 Å². The average molecular weight is 442 g/mol. The number of carbonyl (C=O) groups excluding carboxylic acids is 1. The molecule has 0 aliphatic carbocycles. The van der Waals surface area contributed by atoms with Crippen LogP contribution in [0.3, 0.4) is 0 Å². The fraction of sp³-hybridized carbons (Fsp3) is 0.269. The van der Waals surface area contributed by atoms with Crippen LogP contribution >= 0.6 is 0 Å². The molecule has 0 radical (unpaired) electrons. The molecule has 0 saturated heterocycles. The number of aromatic nitrogens is 3. The zero-order valence-corrected chi connectivity index (χ0v) is 19.1. The molecule has 1 atom stereocenters. The lowest BCUT2D eigenvalue weighted by Crippen LogP contribution is -2.48. The van der Waals surface area contributed by atoms with Crippen molar-refractivity contribution < 1.29 is 9.53 Å². The molecule has 0 spiro atoms. The number of aryl methyl sites for hydroxylation is 1. The van der Waals surface area contributed by atoms with E-state index in [2.05, 4.69) is 36.2 Å². The molecule has 1 unspecified atom stereocenters. The summed E-state index contributed by atoms with van der Waals surface area (Å²) in [6.07, 6.45) is 3.70. The lowest BCUT2D eigenvalue weighted by atomic mass is 10.0. The third-order valence-corrected chi connectivity index (χ3v) is 6.25. The smallest absolute Gasteiger partial charge is 0.247 e. The predicted octanol–water partition coefficient (Wildman–Crippen LogP) is 4.49. The molecule has 2 aromatic heterocycles. The van der Waals surface area contributed by atoms with Crippen molar-refractivity contribution in [1.82, 2.24) is 15.0 Å². The van der Waals surface area contributed by atoms with Gasteiger partial charge in [-0.1, -0.05) is 42.0 Å². The number of aromatic amines is 1. The maximum Gasteiger partial charge on any atom is 0.247 e. The van der Waals surface area contributed by atoms with Gasteiger partial charge in [-0.05, 0) is 31.5 Å². The quantitative estimate of drug-likeness (QED) is 0.477. The Morgan fingerprint density at radius 2 is 1.97 bits per heavy atom. The van der Waals surface area contributed by atoms with E-state index in [9.17, 15) is 4.79 Å². The van der Waals surface area contributed by atoms with Crippen LogP contribution in [0.4, 0.5) is 11.5 Å². The van der Waals surface area contributed by atoms with Crippen molar-refractivity contribution >= 4 is 28.3 Å². The van der Waals surface area contributed by atoms with Crippen molar-refractivity contribution in [1.29, 1.82) is 0 Å². The minimum atomic E-state index is -0.135. The third kappa shape index (κ3) is 3.85. The molecule has 7 heteroatoms. The SMILES string of the molecule is COCCN1CC(=O)N(C(C)c2ccc(C)cc2)c2cnc(-c3cccc4[nH]ccc34)nc21. The third-order valence-electron chi connectivity index (χ3n) is 6.25. The summed E-state index contributed by atoms with van der Waals surface area (Å²) in [6.45, 7) is 5.44. The monoisotopic (exact) mass is 441 g/mol. The summed E-state index contributed by atoms with van der Waals surface area (Å²) in [4.78, 5) is 30.0. The van der Waals surface area contributed by atoms with E-state index in [1.807, 2.05) is 47.2 Å². The van der Waals surface area contributed by atoms with Crippen LogP contribution < -0.4 is 9.80 Å². The van der Waals surface area contributed by atoms with Crippen molar-refractivity contribution in [2.75, 3.05) is 36.6 Å². The Morgan fingerprint density at radius 1 is 1.15 bits per heavy atom. The second kappa shape index (κ2) is 8.67. The van der Waals surface area contributed by atoms with Gasteiger partial charge in [0.1, 0.15) is 5.69 Å². The zero-order chi connectivity index (χ0) is 22.9. The van der Waals surface area contributed by atoms with Crippen LogP contribution in [0, 0.1) is 6.92 Å². The molecule has 1 aliphatic heterocycles. The first-order valence-corrected chi connectivity index (χ1v) is 11.1. The van der Waals surface area contributed by atoms with Crippen LogP contribution in [-0.2, 0) is 9.53 Å². The lowest BCUT2D eigenvalue weighted by Gasteiger charge is -2.39. The number of nitrogens with one attached hydrogen (secondary N) is 1. The molecule has 33 heavy (non-hydrogen) atoms. The van der Waals surface area contributed by atoms with Crippen molar-refractivity contribution in [3.05, 3.63) is 72.1 Å². The molecule has 7 nitrogen and oxygen atoms in total. The molecule has 3 heterocycles. The van der Waals surface area contributed by atoms with Crippen molar-refractivity contribution in [3.63, 3.8) is 0 Å². The molecule has 4 aromatic rings. The number of methoxy groups -OCH3 is 1. The Labute approximate surface area is 193 Å². The molecule has 5 rings (SSSR count). The van der Waals surface area contributed by atoms with E-state index < -0.39 is 0 Å². The highest BCUT2D eigenvalue weighted by Crippen LogP contribution is 2.38. The number of fused-ring (bicyclic) bond motifs is 2. The molecule has 0 fully saturated rings. The van der Waals surface area contributed by atoms with Crippen LogP contribution in [0.5, 0.6) is 0 Å². The first kappa shape index (κ1) is 21.2. The lowest BCUT2D eigenvalue weighted by molar-refractivity contribution is -0.118. The Balaban J connectivity index is 1.60. The highest BCUT2D eigenvalue weighted by molar-refractivity contribution is 6.03. The maximum absolute atomic E-state index is 13.3. The van der Waals surface area contributed by atoms with E-state index in [-0.39, 0.29) is 18.5 Å². The van der Waals surface area contributed by atoms with E-state index in [4.69, 9.17) is 14.7 Å². The summed E-state index contributed by atoms with van der Waals surface area (Å²) in [5, 5.41) is 1.07. The fourth-order valence-electron chi connectivity index (χ4n) is 4.43. The number of nitrogens with zero attached hydrogens (tertiary/aromatic N) is 4. The van der Waals surface area contributed by atoms with Crippen LogP contribution in [0.25, 0.3) is 22.3 Å². The Bertz CT molecular complexity index is 1300. The summed E-state index contributed by atoms with van der Waals surface area (Å²) < 4.78 is 5.30. The molecular formula is C26H27N5O2. The van der Waals surface area contributed by atoms with E-state index in [0.29, 0.717) is 19.0 Å². The zero-order valence-electron chi connectivity index (χ0n) is 19.1. The molecule has 1 aliphatic rings. The fourth-order valence-corrected chi connectivity index (χ4v) is 4.43. The highest BCUT2D eigenvalue weighted by atomic mass is 16.5. The topological polar surface area (TPSA) is 74.3 Å². The number of hydrogen-bond acceptors (Lipinski definition) is 5. The first-order chi connectivity index (χ1) is 16.1. The second-order valence-corrected chi connectivity index (χ2v) is 8.41. The van der Waals surface area contributed by atoms with E-state index in [1.165, 1.54) is 5.56 Å². The van der Waals surface area contributed by atoms with Gasteiger partial charge in [0.05, 0.1) is 25.4 Å². The van der Waals surface area contributed by atoms with Crippen LogP contribution in [0.15, 0.2) is 60.9 Å². The summed E-state index contributed by atoms with van der Waals surface area (Å²) in [5.74, 6) is 1.41. The number of carbonyl (C=O) groups is 1. The van der Waals surface area contributed by atoms with Gasteiger partial charge in [0.25, 0.3) is 0 Å². The van der Waals surface area contributed by atoms with Crippen LogP contribution in [0.1, 0.15) is 24.1 Å². The molecule has 168 valence electrons. The van der Waals surface area contributed by atoms with Gasteiger partial charge < -0.3 is 14.6 Å². The largest absolute Gasteiger partial charge is 0.383 e. The molecule has 0 saturated carbocycles. The minimum absolute atomic E-state index is 0.0239. The van der Waals surface area contributed by atoms with Crippen LogP contribution in [0.2, 0.25) is 0 Å². The van der Waals surface area contributed by atoms with Gasteiger partial charge in [-0.15, -0.1) is 0 Å². The van der Waals surface area contributed by atoms with Gasteiger partial charge in [0.2, 0.25) is 5.91 Å². The average Bonchev–Trinajstić information content (AvgIpc) is 3.31. The number of anilines is 2. The number of hydrogen-bond donors (Lipinski definition) is 1. The van der Waals surface area contributed by atoms with Crippen molar-refractivity contribution in [2.24, 2.45) is 0 Å². The standard InChI is InChI=1S/C26H27N5O2/c1-17-7-9-19(10-8-17)18(2)31-23-15-28-25(21-5-4-6-22-20(21)11-12-27-22)29-26(23)30(13-14-33-3)16-24(31)32/h4-12,15,18,27H,13-14,16H2,1-3H3. The predicted molar refractivity (Wildman–Crippen MR) is 130 cm³/mol. The summed E-state index contributed by atoms with van der Waals surface area (Å²) in [7, 11) is 1.66. The minimum Gasteiger partial charge on any atom is -0.383 e. The van der Waals surface area contributed by atoms with E-state index in [1.54, 1.807) is 13.3 Å². The normalized spacial score (nSPS) is 14.6. The highest BCUT2D eigenvalue weighted by Gasteiger charge is 2.34. The number of amides is 1. The summed E-state index contributed by atoms with van der Waals surface area (Å²) in [6, 6.07) is 16.2. The van der Waals surface area contributed by atoms with Gasteiger partial charge in [-0.25, -0.2) is 9.97 Å². The van der Waals surface area contributed by atoms with E-state index in [0.717, 1.165) is 33.5 Å². The first-order valence-electron chi connectivity index (χ1n) is 11.1. The van der Waals surface area contributed by atoms with Gasteiger partial charge in [0.15, 0.2) is 11.6 Å². The number of benzene rings is 2. The summed E-state index contributed by atoms with van der Waals surface area (Å²) >= 11 is 0. The Hall–Kier alpha value is -3.71. The number of rotatable bonds is 6. The molecular weight excluding hydrogens is 414 g/mol. The second-order valence-electron chi connectivity index (χ2n) is 8.41. The molecule has 1 amide bonds. The van der Waals surface area contributed by atoms with Crippen LogP contribution in [-0.4, -0.2) is 47.7 Å². The summed E-state index contributed by atoms with van der Waals surface area (Å²) in [5.41, 5.74) is 4.98. The van der Waals surface area contributed by atoms with Gasteiger partial charge in [-0.3, -0.25) is 9.69 Å². The number of H-pyrrole nitrogens is 1. The number of ether oxygens (including phenoxy) is 1. The Morgan fingerprint density at radius 3 is 2.76 bits per heavy atom. The van der Waals surface area contributed by atoms with Crippen molar-refractivity contribution in [2.45, 2.75) is 19.9 Å². The molecule has 0 bridgehead atoms. The Kier molecular flexibility index (Phi) is 5.56. The van der Waals surface area contributed by atoms with Crippen molar-refractivity contribution in [3.8, 4) is 11.4 Å². The van der Waals surface area contributed by atoms with E-state index >= 15 is 0 Å². The molecule has 1 N–H and O–H groups in total. The van der Waals surface area contributed by atoms with Gasteiger partial charge in [0, 0.05) is 36.3 Å². The van der Waals surface area contributed by atoms with Gasteiger partial charge in [-0.2, -0.15) is 0 Å². The molecule has 2 aromatic carbocycles. The maximum atomic E-state index is 13.3.